The summed E-state index contributed by atoms with van der Waals surface area (Å²) in [4.78, 5) is 23.4. The molecular formula is C17H15NO3. The molecule has 0 spiro atoms. The van der Waals surface area contributed by atoms with E-state index >= 15 is 0 Å². The molecule has 0 aliphatic carbocycles. The number of esters is 1. The van der Waals surface area contributed by atoms with Crippen molar-refractivity contribution in [3.05, 3.63) is 72.3 Å². The first kappa shape index (κ1) is 14.5. The monoisotopic (exact) mass is 281 g/mol. The Morgan fingerprint density at radius 2 is 1.57 bits per heavy atom. The van der Waals surface area contributed by atoms with E-state index in [9.17, 15) is 9.59 Å². The lowest BCUT2D eigenvalue weighted by Gasteiger charge is -2.06. The number of rotatable bonds is 5. The van der Waals surface area contributed by atoms with E-state index in [0.29, 0.717) is 16.9 Å². The summed E-state index contributed by atoms with van der Waals surface area (Å²) in [6, 6.07) is 13.3. The molecule has 0 aliphatic heterocycles. The van der Waals surface area contributed by atoms with Gasteiger partial charge in [0.15, 0.2) is 5.78 Å². The number of anilines is 1. The standard InChI is InChI=1S/C17H15NO3/c1-3-16(19)12-4-6-13(7-5-12)17(20)21-15-10-8-14(18-2)9-11-15/h3-11,18H,1H2,2H3. The molecule has 0 aromatic heterocycles. The van der Waals surface area contributed by atoms with Crippen LogP contribution in [0, 0.1) is 0 Å². The first-order chi connectivity index (χ1) is 10.1. The van der Waals surface area contributed by atoms with Crippen LogP contribution in [-0.4, -0.2) is 18.8 Å². The van der Waals surface area contributed by atoms with E-state index in [2.05, 4.69) is 11.9 Å². The molecule has 0 radical (unpaired) electrons. The van der Waals surface area contributed by atoms with Crippen molar-refractivity contribution in [2.45, 2.75) is 0 Å². The molecule has 0 saturated carbocycles. The lowest BCUT2D eigenvalue weighted by Crippen LogP contribution is -2.08. The van der Waals surface area contributed by atoms with Crippen molar-refractivity contribution in [2.75, 3.05) is 12.4 Å². The third-order valence-electron chi connectivity index (χ3n) is 2.94. The highest BCUT2D eigenvalue weighted by molar-refractivity contribution is 6.04. The first-order valence-corrected chi connectivity index (χ1v) is 6.41. The Morgan fingerprint density at radius 3 is 2.10 bits per heavy atom. The van der Waals surface area contributed by atoms with Crippen molar-refractivity contribution in [3.8, 4) is 5.75 Å². The smallest absolute Gasteiger partial charge is 0.343 e. The topological polar surface area (TPSA) is 55.4 Å². The summed E-state index contributed by atoms with van der Waals surface area (Å²) in [5.74, 6) is -0.187. The lowest BCUT2D eigenvalue weighted by molar-refractivity contribution is 0.0734. The first-order valence-electron chi connectivity index (χ1n) is 6.41. The number of hydrogen-bond acceptors (Lipinski definition) is 4. The largest absolute Gasteiger partial charge is 0.423 e. The minimum atomic E-state index is -0.468. The van der Waals surface area contributed by atoms with E-state index in [-0.39, 0.29) is 5.78 Å². The maximum atomic E-state index is 12.0. The number of ether oxygens (including phenoxy) is 1. The van der Waals surface area contributed by atoms with Crippen molar-refractivity contribution < 1.29 is 14.3 Å². The van der Waals surface area contributed by atoms with E-state index in [1.165, 1.54) is 6.08 Å². The van der Waals surface area contributed by atoms with Gasteiger partial charge in [-0.25, -0.2) is 4.79 Å². The molecule has 0 atom stereocenters. The second-order valence-corrected chi connectivity index (χ2v) is 4.31. The number of nitrogens with one attached hydrogen (secondary N) is 1. The Bertz CT molecular complexity index is 657. The van der Waals surface area contributed by atoms with Gasteiger partial charge >= 0.3 is 5.97 Å². The van der Waals surface area contributed by atoms with Gasteiger partial charge in [-0.2, -0.15) is 0 Å². The van der Waals surface area contributed by atoms with E-state index in [1.54, 1.807) is 36.4 Å². The quantitative estimate of drug-likeness (QED) is 0.395. The van der Waals surface area contributed by atoms with Crippen molar-refractivity contribution in [1.29, 1.82) is 0 Å². The molecule has 0 bridgehead atoms. The molecule has 4 heteroatoms. The Balaban J connectivity index is 2.08. The fourth-order valence-electron chi connectivity index (χ4n) is 1.74. The molecule has 2 rings (SSSR count). The lowest BCUT2D eigenvalue weighted by atomic mass is 10.1. The Kier molecular flexibility index (Phi) is 4.51. The summed E-state index contributed by atoms with van der Waals surface area (Å²) >= 11 is 0. The van der Waals surface area contributed by atoms with Gasteiger partial charge in [0.1, 0.15) is 5.75 Å². The summed E-state index contributed by atoms with van der Waals surface area (Å²) in [6.45, 7) is 3.42. The molecule has 4 nitrogen and oxygen atoms in total. The van der Waals surface area contributed by atoms with Gasteiger partial charge in [-0.3, -0.25) is 4.79 Å². The van der Waals surface area contributed by atoms with Gasteiger partial charge in [0.05, 0.1) is 5.56 Å². The summed E-state index contributed by atoms with van der Waals surface area (Å²) in [7, 11) is 1.81. The van der Waals surface area contributed by atoms with Crippen LogP contribution in [0.4, 0.5) is 5.69 Å². The van der Waals surface area contributed by atoms with Gasteiger partial charge in [0, 0.05) is 18.3 Å². The van der Waals surface area contributed by atoms with Crippen molar-refractivity contribution >= 4 is 17.4 Å². The van der Waals surface area contributed by atoms with Crippen LogP contribution in [0.15, 0.2) is 61.2 Å². The number of carbonyl (C=O) groups is 2. The van der Waals surface area contributed by atoms with Crippen LogP contribution in [0.1, 0.15) is 20.7 Å². The molecule has 0 heterocycles. The molecule has 0 saturated heterocycles. The van der Waals surface area contributed by atoms with Gasteiger partial charge in [0.2, 0.25) is 0 Å². The zero-order valence-corrected chi connectivity index (χ0v) is 11.6. The summed E-state index contributed by atoms with van der Waals surface area (Å²) in [5, 5.41) is 2.98. The fraction of sp³-hybridized carbons (Fsp3) is 0.0588. The van der Waals surface area contributed by atoms with Crippen LogP contribution >= 0.6 is 0 Å². The molecule has 21 heavy (non-hydrogen) atoms. The number of carbonyl (C=O) groups excluding carboxylic acids is 2. The predicted octanol–water partition coefficient (Wildman–Crippen LogP) is 3.32. The molecular weight excluding hydrogens is 266 g/mol. The predicted molar refractivity (Wildman–Crippen MR) is 81.9 cm³/mol. The molecule has 0 unspecified atom stereocenters. The normalized spacial score (nSPS) is 9.76. The van der Waals surface area contributed by atoms with E-state index in [4.69, 9.17) is 4.74 Å². The van der Waals surface area contributed by atoms with Gasteiger partial charge in [-0.05, 0) is 42.5 Å². The van der Waals surface area contributed by atoms with Gasteiger partial charge < -0.3 is 10.1 Å². The second-order valence-electron chi connectivity index (χ2n) is 4.31. The molecule has 0 amide bonds. The SMILES string of the molecule is C=CC(=O)c1ccc(C(=O)Oc2ccc(NC)cc2)cc1. The minimum Gasteiger partial charge on any atom is -0.423 e. The van der Waals surface area contributed by atoms with Crippen LogP contribution in [-0.2, 0) is 0 Å². The van der Waals surface area contributed by atoms with Gasteiger partial charge in [-0.15, -0.1) is 0 Å². The highest BCUT2D eigenvalue weighted by Crippen LogP contribution is 2.17. The number of hydrogen-bond donors (Lipinski definition) is 1. The molecule has 2 aromatic rings. The van der Waals surface area contributed by atoms with Crippen LogP contribution in [0.5, 0.6) is 5.75 Å². The van der Waals surface area contributed by atoms with Crippen LogP contribution in [0.3, 0.4) is 0 Å². The molecule has 1 N–H and O–H groups in total. The summed E-state index contributed by atoms with van der Waals surface area (Å²) < 4.78 is 5.25. The fourth-order valence-corrected chi connectivity index (χ4v) is 1.74. The van der Waals surface area contributed by atoms with E-state index in [1.807, 2.05) is 19.2 Å². The summed E-state index contributed by atoms with van der Waals surface area (Å²) in [5.41, 5.74) is 1.80. The van der Waals surface area contributed by atoms with E-state index < -0.39 is 5.97 Å². The third kappa shape index (κ3) is 3.57. The maximum Gasteiger partial charge on any atom is 0.343 e. The highest BCUT2D eigenvalue weighted by atomic mass is 16.5. The zero-order valence-electron chi connectivity index (χ0n) is 11.6. The van der Waals surface area contributed by atoms with Crippen LogP contribution in [0.2, 0.25) is 0 Å². The molecule has 106 valence electrons. The minimum absolute atomic E-state index is 0.183. The number of ketones is 1. The average molecular weight is 281 g/mol. The molecule has 0 aliphatic rings. The zero-order chi connectivity index (χ0) is 15.2. The van der Waals surface area contributed by atoms with Gasteiger partial charge in [-0.1, -0.05) is 18.7 Å². The van der Waals surface area contributed by atoms with Crippen LogP contribution < -0.4 is 10.1 Å². The van der Waals surface area contributed by atoms with E-state index in [0.717, 1.165) is 5.69 Å². The van der Waals surface area contributed by atoms with Crippen molar-refractivity contribution in [2.24, 2.45) is 0 Å². The molecule has 2 aromatic carbocycles. The number of allylic oxidation sites excluding steroid dienone is 1. The second kappa shape index (κ2) is 6.52. The average Bonchev–Trinajstić information content (AvgIpc) is 2.55. The van der Waals surface area contributed by atoms with Crippen LogP contribution in [0.25, 0.3) is 0 Å². The molecule has 0 fully saturated rings. The van der Waals surface area contributed by atoms with Crippen molar-refractivity contribution in [1.82, 2.24) is 0 Å². The van der Waals surface area contributed by atoms with Gasteiger partial charge in [0.25, 0.3) is 0 Å². The third-order valence-corrected chi connectivity index (χ3v) is 2.94. The maximum absolute atomic E-state index is 12.0. The Hall–Kier alpha value is -2.88. The highest BCUT2D eigenvalue weighted by Gasteiger charge is 2.09. The van der Waals surface area contributed by atoms with Crippen molar-refractivity contribution in [3.63, 3.8) is 0 Å². The Morgan fingerprint density at radius 1 is 1.00 bits per heavy atom. The number of benzene rings is 2. The summed E-state index contributed by atoms with van der Waals surface area (Å²) in [6.07, 6.45) is 1.23. The Labute approximate surface area is 123 Å².